The van der Waals surface area contributed by atoms with Crippen molar-refractivity contribution in [2.45, 2.75) is 46.1 Å². The molecule has 1 saturated carbocycles. The van der Waals surface area contributed by atoms with Crippen LogP contribution < -0.4 is 10.2 Å². The lowest BCUT2D eigenvalue weighted by molar-refractivity contribution is -0.383. The van der Waals surface area contributed by atoms with Crippen LogP contribution in [0.5, 0.6) is 0 Å². The van der Waals surface area contributed by atoms with Gasteiger partial charge in [-0.2, -0.15) is 0 Å². The van der Waals surface area contributed by atoms with Crippen LogP contribution in [0.3, 0.4) is 0 Å². The van der Waals surface area contributed by atoms with Gasteiger partial charge in [-0.1, -0.05) is 27.2 Å². The van der Waals surface area contributed by atoms with Crippen LogP contribution in [0, 0.1) is 33.8 Å². The maximum atomic E-state index is 12.5. The summed E-state index contributed by atoms with van der Waals surface area (Å²) in [6.07, 6.45) is 3.15. The summed E-state index contributed by atoms with van der Waals surface area (Å²) in [5.41, 5.74) is 0.520. The SMILES string of the molecule is CC1CCC(C(C)C)C(OCC(=O)Nc2cc(N3CC(C(=O)O)C3)ccc2[N+](=O)[O-])C1. The van der Waals surface area contributed by atoms with Crippen LogP contribution in [0.15, 0.2) is 18.2 Å². The molecule has 2 aliphatic rings. The molecule has 2 N–H and O–H groups in total. The highest BCUT2D eigenvalue weighted by Gasteiger charge is 2.34. The molecule has 9 nitrogen and oxygen atoms in total. The number of nitrogens with one attached hydrogen (secondary N) is 1. The van der Waals surface area contributed by atoms with Gasteiger partial charge in [-0.25, -0.2) is 0 Å². The molecule has 1 saturated heterocycles. The second kappa shape index (κ2) is 9.64. The predicted octanol–water partition coefficient (Wildman–Crippen LogP) is 3.53. The number of carbonyl (C=O) groups is 2. The number of nitro groups is 1. The van der Waals surface area contributed by atoms with Crippen molar-refractivity contribution in [2.24, 2.45) is 23.7 Å². The number of nitro benzene ring substituents is 1. The number of anilines is 2. The van der Waals surface area contributed by atoms with E-state index >= 15 is 0 Å². The number of amides is 1. The molecule has 1 heterocycles. The number of carbonyl (C=O) groups excluding carboxylic acids is 1. The van der Waals surface area contributed by atoms with Crippen molar-refractivity contribution < 1.29 is 24.4 Å². The Bertz CT molecular complexity index is 837. The topological polar surface area (TPSA) is 122 Å². The van der Waals surface area contributed by atoms with E-state index in [0.29, 0.717) is 36.5 Å². The normalized spacial score (nSPS) is 24.0. The van der Waals surface area contributed by atoms with Gasteiger partial charge in [-0.3, -0.25) is 19.7 Å². The number of carboxylic acids is 1. The third kappa shape index (κ3) is 5.52. The second-order valence-electron chi connectivity index (χ2n) is 9.12. The highest BCUT2D eigenvalue weighted by molar-refractivity contribution is 5.94. The van der Waals surface area contributed by atoms with Crippen molar-refractivity contribution in [2.75, 3.05) is 29.9 Å². The van der Waals surface area contributed by atoms with E-state index in [1.165, 1.54) is 12.1 Å². The Balaban J connectivity index is 1.64. The second-order valence-corrected chi connectivity index (χ2v) is 9.12. The molecular weight excluding hydrogens is 402 g/mol. The van der Waals surface area contributed by atoms with Crippen molar-refractivity contribution in [1.29, 1.82) is 0 Å². The molecule has 3 unspecified atom stereocenters. The van der Waals surface area contributed by atoms with Crippen LogP contribution in [0.25, 0.3) is 0 Å². The first-order valence-corrected chi connectivity index (χ1v) is 10.8. The van der Waals surface area contributed by atoms with Crippen LogP contribution in [-0.2, 0) is 14.3 Å². The number of hydrogen-bond acceptors (Lipinski definition) is 6. The molecule has 3 atom stereocenters. The molecular formula is C22H31N3O6. The van der Waals surface area contributed by atoms with E-state index < -0.39 is 22.7 Å². The van der Waals surface area contributed by atoms with E-state index in [1.54, 1.807) is 6.07 Å². The third-order valence-electron chi connectivity index (χ3n) is 6.44. The number of carboxylic acid groups (broad SMARTS) is 1. The van der Waals surface area contributed by atoms with Gasteiger partial charge < -0.3 is 20.1 Å². The lowest BCUT2D eigenvalue weighted by Crippen LogP contribution is -2.50. The van der Waals surface area contributed by atoms with Crippen molar-refractivity contribution in [3.05, 3.63) is 28.3 Å². The fourth-order valence-corrected chi connectivity index (χ4v) is 4.50. The van der Waals surface area contributed by atoms with Gasteiger partial charge in [0.1, 0.15) is 12.3 Å². The minimum atomic E-state index is -0.861. The summed E-state index contributed by atoms with van der Waals surface area (Å²) in [6.45, 7) is 7.02. The molecule has 0 aromatic heterocycles. The molecule has 170 valence electrons. The number of aliphatic carboxylic acids is 1. The van der Waals surface area contributed by atoms with Crippen molar-refractivity contribution in [1.82, 2.24) is 0 Å². The molecule has 1 aliphatic carbocycles. The molecule has 9 heteroatoms. The lowest BCUT2D eigenvalue weighted by Gasteiger charge is -2.38. The van der Waals surface area contributed by atoms with Gasteiger partial charge in [0.15, 0.2) is 0 Å². The standard InChI is InChI=1S/C22H31N3O6/c1-13(2)17-6-4-14(3)8-20(17)31-12-21(26)23-18-9-16(5-7-19(18)25(29)30)24-10-15(11-24)22(27)28/h5,7,9,13-15,17,20H,4,6,8,10-12H2,1-3H3,(H,23,26)(H,27,28). The molecule has 1 amide bonds. The van der Waals surface area contributed by atoms with E-state index in [4.69, 9.17) is 9.84 Å². The van der Waals surface area contributed by atoms with Gasteiger partial charge in [0.05, 0.1) is 16.9 Å². The van der Waals surface area contributed by atoms with Crippen LogP contribution in [-0.4, -0.2) is 47.7 Å². The van der Waals surface area contributed by atoms with Gasteiger partial charge in [0.25, 0.3) is 11.6 Å². The Labute approximate surface area is 181 Å². The van der Waals surface area contributed by atoms with Crippen molar-refractivity contribution in [3.63, 3.8) is 0 Å². The maximum absolute atomic E-state index is 12.5. The first-order valence-electron chi connectivity index (χ1n) is 10.8. The summed E-state index contributed by atoms with van der Waals surface area (Å²) in [5.74, 6) is -0.339. The molecule has 0 bridgehead atoms. The summed E-state index contributed by atoms with van der Waals surface area (Å²) in [7, 11) is 0. The minimum absolute atomic E-state index is 0.00450. The number of hydrogen-bond donors (Lipinski definition) is 2. The quantitative estimate of drug-likeness (QED) is 0.475. The number of nitrogens with zero attached hydrogens (tertiary/aromatic N) is 2. The van der Waals surface area contributed by atoms with Gasteiger partial charge >= 0.3 is 5.97 Å². The first kappa shape index (κ1) is 23.0. The van der Waals surface area contributed by atoms with E-state index in [-0.39, 0.29) is 24.1 Å². The Morgan fingerprint density at radius 1 is 1.32 bits per heavy atom. The lowest BCUT2D eigenvalue weighted by atomic mass is 9.75. The molecule has 3 rings (SSSR count). The zero-order valence-corrected chi connectivity index (χ0v) is 18.2. The van der Waals surface area contributed by atoms with Gasteiger partial charge in [-0.15, -0.1) is 0 Å². The third-order valence-corrected chi connectivity index (χ3v) is 6.44. The minimum Gasteiger partial charge on any atom is -0.481 e. The monoisotopic (exact) mass is 433 g/mol. The average molecular weight is 434 g/mol. The Kier molecular flexibility index (Phi) is 7.15. The molecule has 0 spiro atoms. The smallest absolute Gasteiger partial charge is 0.310 e. The summed E-state index contributed by atoms with van der Waals surface area (Å²) in [4.78, 5) is 36.2. The molecule has 1 aromatic rings. The zero-order chi connectivity index (χ0) is 22.7. The average Bonchev–Trinajstić information content (AvgIpc) is 2.64. The number of benzene rings is 1. The zero-order valence-electron chi connectivity index (χ0n) is 18.2. The van der Waals surface area contributed by atoms with Crippen LogP contribution in [0.1, 0.15) is 40.0 Å². The molecule has 0 radical (unpaired) electrons. The Hall–Kier alpha value is -2.68. The summed E-state index contributed by atoms with van der Waals surface area (Å²) in [5, 5.41) is 23.1. The van der Waals surface area contributed by atoms with Gasteiger partial charge in [0.2, 0.25) is 0 Å². The summed E-state index contributed by atoms with van der Waals surface area (Å²) < 4.78 is 5.95. The van der Waals surface area contributed by atoms with E-state index in [9.17, 15) is 19.7 Å². The Morgan fingerprint density at radius 2 is 2.03 bits per heavy atom. The molecule has 31 heavy (non-hydrogen) atoms. The first-order chi connectivity index (χ1) is 14.7. The van der Waals surface area contributed by atoms with E-state index in [1.807, 2.05) is 4.90 Å². The molecule has 1 aromatic carbocycles. The number of ether oxygens (including phenoxy) is 1. The van der Waals surface area contributed by atoms with Crippen molar-refractivity contribution >= 4 is 28.9 Å². The van der Waals surface area contributed by atoms with Gasteiger partial charge in [0, 0.05) is 24.8 Å². The van der Waals surface area contributed by atoms with Crippen LogP contribution >= 0.6 is 0 Å². The highest BCUT2D eigenvalue weighted by Crippen LogP contribution is 2.36. The predicted molar refractivity (Wildman–Crippen MR) is 116 cm³/mol. The maximum Gasteiger partial charge on any atom is 0.310 e. The summed E-state index contributed by atoms with van der Waals surface area (Å²) in [6, 6.07) is 4.42. The van der Waals surface area contributed by atoms with E-state index in [0.717, 1.165) is 19.3 Å². The van der Waals surface area contributed by atoms with Crippen LogP contribution in [0.2, 0.25) is 0 Å². The van der Waals surface area contributed by atoms with Crippen LogP contribution in [0.4, 0.5) is 17.1 Å². The van der Waals surface area contributed by atoms with Gasteiger partial charge in [-0.05, 0) is 42.7 Å². The largest absolute Gasteiger partial charge is 0.481 e. The molecule has 2 fully saturated rings. The highest BCUT2D eigenvalue weighted by atomic mass is 16.6. The van der Waals surface area contributed by atoms with E-state index in [2.05, 4.69) is 26.1 Å². The molecule has 1 aliphatic heterocycles. The summed E-state index contributed by atoms with van der Waals surface area (Å²) >= 11 is 0. The number of rotatable bonds is 8. The fourth-order valence-electron chi connectivity index (χ4n) is 4.50. The Morgan fingerprint density at radius 3 is 2.65 bits per heavy atom. The fraction of sp³-hybridized carbons (Fsp3) is 0.636. The van der Waals surface area contributed by atoms with Crippen molar-refractivity contribution in [3.8, 4) is 0 Å².